The maximum absolute atomic E-state index is 12.7. The zero-order chi connectivity index (χ0) is 20.1. The average molecular weight is 403 g/mol. The molecule has 0 aliphatic rings. The number of ether oxygens (including phenoxy) is 1. The van der Waals surface area contributed by atoms with Crippen molar-refractivity contribution in [2.75, 3.05) is 11.6 Å². The van der Waals surface area contributed by atoms with Crippen molar-refractivity contribution in [3.05, 3.63) is 85.1 Å². The van der Waals surface area contributed by atoms with Crippen molar-refractivity contribution in [3.63, 3.8) is 0 Å². The van der Waals surface area contributed by atoms with Gasteiger partial charge in [-0.3, -0.25) is 14.3 Å². The third-order valence-electron chi connectivity index (χ3n) is 4.05. The van der Waals surface area contributed by atoms with Gasteiger partial charge in [-0.25, -0.2) is 9.97 Å². The molecule has 0 radical (unpaired) electrons. The van der Waals surface area contributed by atoms with E-state index >= 15 is 0 Å². The highest BCUT2D eigenvalue weighted by Gasteiger charge is 2.10. The molecule has 7 nitrogen and oxygen atoms in total. The molecule has 1 N–H and O–H groups in total. The average Bonchev–Trinajstić information content (AvgIpc) is 3.25. The number of carbonyl (C=O) groups excluding carboxylic acids is 1. The Bertz CT molecular complexity index is 1110. The van der Waals surface area contributed by atoms with Crippen LogP contribution in [0.3, 0.4) is 0 Å². The van der Waals surface area contributed by atoms with Gasteiger partial charge in [0.1, 0.15) is 5.75 Å². The third kappa shape index (κ3) is 4.44. The number of nitrogens with zero attached hydrogens (tertiary/aromatic N) is 4. The Kier molecular flexibility index (Phi) is 5.53. The van der Waals surface area contributed by atoms with Crippen molar-refractivity contribution in [3.8, 4) is 17.3 Å². The predicted molar refractivity (Wildman–Crippen MR) is 112 cm³/mol. The molecule has 2 aromatic carbocycles. The molecule has 4 rings (SSSR count). The smallest absolute Gasteiger partial charge is 0.255 e. The summed E-state index contributed by atoms with van der Waals surface area (Å²) in [6.45, 7) is 0. The number of hydrogen-bond donors (Lipinski definition) is 1. The topological polar surface area (TPSA) is 81.9 Å². The van der Waals surface area contributed by atoms with Gasteiger partial charge < -0.3 is 10.1 Å². The maximum atomic E-state index is 12.7. The second-order valence-electron chi connectivity index (χ2n) is 5.96. The normalized spacial score (nSPS) is 10.5. The number of anilines is 1. The quantitative estimate of drug-likeness (QED) is 0.480. The number of benzene rings is 2. The molecule has 0 unspecified atom stereocenters. The van der Waals surface area contributed by atoms with Crippen LogP contribution in [0.2, 0.25) is 0 Å². The molecule has 0 bridgehead atoms. The van der Waals surface area contributed by atoms with Gasteiger partial charge in [0, 0.05) is 41.7 Å². The number of amides is 1. The Labute approximate surface area is 171 Å². The molecule has 0 aliphatic carbocycles. The first kappa shape index (κ1) is 18.7. The summed E-state index contributed by atoms with van der Waals surface area (Å²) in [4.78, 5) is 25.0. The SMILES string of the molecule is CSc1nccn1-c1cccc(C(=O)Nc2ccc(Oc3cnccn3)cc2)c1. The fraction of sp³-hybridized carbons (Fsp3) is 0.0476. The number of thioether (sulfide) groups is 1. The Morgan fingerprint density at radius 2 is 1.93 bits per heavy atom. The largest absolute Gasteiger partial charge is 0.438 e. The lowest BCUT2D eigenvalue weighted by molar-refractivity contribution is 0.102. The van der Waals surface area contributed by atoms with Gasteiger partial charge in [-0.1, -0.05) is 17.8 Å². The molecule has 2 heterocycles. The molecule has 0 atom stereocenters. The standard InChI is InChI=1S/C21H17N5O2S/c1-29-21-24-11-12-26(21)17-4-2-3-15(13-17)20(27)25-16-5-7-18(8-6-16)28-19-14-22-9-10-23-19/h2-14H,1H3,(H,25,27). The first-order valence-corrected chi connectivity index (χ1v) is 9.98. The summed E-state index contributed by atoms with van der Waals surface area (Å²) in [5.74, 6) is 0.820. The zero-order valence-corrected chi connectivity index (χ0v) is 16.3. The van der Waals surface area contributed by atoms with Crippen LogP contribution < -0.4 is 10.1 Å². The van der Waals surface area contributed by atoms with E-state index < -0.39 is 0 Å². The van der Waals surface area contributed by atoms with E-state index in [2.05, 4.69) is 20.3 Å². The van der Waals surface area contributed by atoms with E-state index in [1.165, 1.54) is 6.20 Å². The van der Waals surface area contributed by atoms with Crippen LogP contribution in [0.5, 0.6) is 11.6 Å². The van der Waals surface area contributed by atoms with Crippen molar-refractivity contribution in [1.29, 1.82) is 0 Å². The fourth-order valence-electron chi connectivity index (χ4n) is 2.70. The van der Waals surface area contributed by atoms with Crippen molar-refractivity contribution in [1.82, 2.24) is 19.5 Å². The van der Waals surface area contributed by atoms with E-state index in [9.17, 15) is 4.79 Å². The lowest BCUT2D eigenvalue weighted by Crippen LogP contribution is -2.12. The lowest BCUT2D eigenvalue weighted by atomic mass is 10.2. The van der Waals surface area contributed by atoms with Gasteiger partial charge in [-0.2, -0.15) is 0 Å². The highest BCUT2D eigenvalue weighted by atomic mass is 32.2. The minimum absolute atomic E-state index is 0.194. The number of carbonyl (C=O) groups is 1. The van der Waals surface area contributed by atoms with E-state index in [4.69, 9.17) is 4.74 Å². The number of imidazole rings is 1. The lowest BCUT2D eigenvalue weighted by Gasteiger charge is -2.10. The van der Waals surface area contributed by atoms with Gasteiger partial charge in [0.15, 0.2) is 5.16 Å². The minimum Gasteiger partial charge on any atom is -0.438 e. The Balaban J connectivity index is 1.46. The summed E-state index contributed by atoms with van der Waals surface area (Å²) in [5.41, 5.74) is 2.11. The van der Waals surface area contributed by atoms with Gasteiger partial charge in [-0.15, -0.1) is 0 Å². The van der Waals surface area contributed by atoms with Gasteiger partial charge in [0.2, 0.25) is 5.88 Å². The summed E-state index contributed by atoms with van der Waals surface area (Å²) in [6.07, 6.45) is 10.2. The Morgan fingerprint density at radius 3 is 2.69 bits per heavy atom. The van der Waals surface area contributed by atoms with E-state index in [1.807, 2.05) is 35.2 Å². The summed E-state index contributed by atoms with van der Waals surface area (Å²) >= 11 is 1.55. The van der Waals surface area contributed by atoms with E-state index in [0.717, 1.165) is 10.8 Å². The van der Waals surface area contributed by atoms with Crippen LogP contribution in [-0.2, 0) is 0 Å². The Hall–Kier alpha value is -3.65. The van der Waals surface area contributed by atoms with Crippen molar-refractivity contribution < 1.29 is 9.53 Å². The molecule has 144 valence electrons. The van der Waals surface area contributed by atoms with E-state index in [-0.39, 0.29) is 5.91 Å². The summed E-state index contributed by atoms with van der Waals surface area (Å²) < 4.78 is 7.55. The first-order chi connectivity index (χ1) is 14.2. The Morgan fingerprint density at radius 1 is 1.07 bits per heavy atom. The third-order valence-corrected chi connectivity index (χ3v) is 4.72. The fourth-order valence-corrected chi connectivity index (χ4v) is 3.23. The number of hydrogen-bond acceptors (Lipinski definition) is 6. The van der Waals surface area contributed by atoms with Crippen molar-refractivity contribution >= 4 is 23.4 Å². The number of aromatic nitrogens is 4. The van der Waals surface area contributed by atoms with Crippen LogP contribution in [0.25, 0.3) is 5.69 Å². The van der Waals surface area contributed by atoms with Crippen LogP contribution in [0.4, 0.5) is 5.69 Å². The van der Waals surface area contributed by atoms with Crippen LogP contribution >= 0.6 is 11.8 Å². The summed E-state index contributed by atoms with van der Waals surface area (Å²) in [5, 5.41) is 3.76. The molecule has 29 heavy (non-hydrogen) atoms. The molecule has 0 saturated heterocycles. The van der Waals surface area contributed by atoms with Crippen LogP contribution in [0, 0.1) is 0 Å². The van der Waals surface area contributed by atoms with Gasteiger partial charge in [-0.05, 0) is 48.7 Å². The molecular formula is C21H17N5O2S. The van der Waals surface area contributed by atoms with Crippen LogP contribution in [0.1, 0.15) is 10.4 Å². The second kappa shape index (κ2) is 8.57. The monoisotopic (exact) mass is 403 g/mol. The number of rotatable bonds is 6. The molecule has 4 aromatic rings. The molecule has 8 heteroatoms. The zero-order valence-electron chi connectivity index (χ0n) is 15.5. The van der Waals surface area contributed by atoms with E-state index in [1.54, 1.807) is 60.7 Å². The summed E-state index contributed by atoms with van der Waals surface area (Å²) in [7, 11) is 0. The molecule has 0 fully saturated rings. The first-order valence-electron chi connectivity index (χ1n) is 8.76. The molecular weight excluding hydrogens is 386 g/mol. The molecule has 1 amide bonds. The van der Waals surface area contributed by atoms with Crippen molar-refractivity contribution in [2.24, 2.45) is 0 Å². The van der Waals surface area contributed by atoms with Gasteiger partial charge in [0.05, 0.1) is 6.20 Å². The van der Waals surface area contributed by atoms with Crippen LogP contribution in [0.15, 0.2) is 84.7 Å². The number of nitrogens with one attached hydrogen (secondary N) is 1. The second-order valence-corrected chi connectivity index (χ2v) is 6.73. The maximum Gasteiger partial charge on any atom is 0.255 e. The highest BCUT2D eigenvalue weighted by molar-refractivity contribution is 7.98. The van der Waals surface area contributed by atoms with E-state index in [0.29, 0.717) is 22.9 Å². The summed E-state index contributed by atoms with van der Waals surface area (Å²) in [6, 6.07) is 14.5. The van der Waals surface area contributed by atoms with Crippen molar-refractivity contribution in [2.45, 2.75) is 5.16 Å². The predicted octanol–water partition coefficient (Wildman–Crippen LogP) is 4.43. The van der Waals surface area contributed by atoms with Crippen LogP contribution in [-0.4, -0.2) is 31.7 Å². The van der Waals surface area contributed by atoms with Gasteiger partial charge >= 0.3 is 0 Å². The molecule has 0 aliphatic heterocycles. The molecule has 0 saturated carbocycles. The molecule has 0 spiro atoms. The highest BCUT2D eigenvalue weighted by Crippen LogP contribution is 2.22. The van der Waals surface area contributed by atoms with Gasteiger partial charge in [0.25, 0.3) is 5.91 Å². The molecule has 2 aromatic heterocycles. The minimum atomic E-state index is -0.194.